The first-order valence-electron chi connectivity index (χ1n) is 9.01. The van der Waals surface area contributed by atoms with Crippen molar-refractivity contribution in [2.24, 2.45) is 5.41 Å². The summed E-state index contributed by atoms with van der Waals surface area (Å²) in [6, 6.07) is 6.25. The van der Waals surface area contributed by atoms with Gasteiger partial charge in [-0.3, -0.25) is 9.35 Å². The van der Waals surface area contributed by atoms with E-state index in [9.17, 15) is 13.2 Å². The minimum absolute atomic E-state index is 0. The minimum atomic E-state index is -4.07. The van der Waals surface area contributed by atoms with Crippen LogP contribution in [0.1, 0.15) is 68.4 Å². The molecule has 7 heteroatoms. The number of nitrogens with zero attached hydrogens (tertiary/aromatic N) is 1. The Labute approximate surface area is 179 Å². The Kier molecular flexibility index (Phi) is 14.4. The molecular weight excluding hydrogens is 390 g/mol. The molecule has 1 rings (SSSR count). The Morgan fingerprint density at radius 2 is 1.48 bits per heavy atom. The van der Waals surface area contributed by atoms with Crippen molar-refractivity contribution in [3.63, 3.8) is 0 Å². The molecule has 0 aliphatic carbocycles. The van der Waals surface area contributed by atoms with Crippen LogP contribution in [0.15, 0.2) is 29.2 Å². The third-order valence-corrected chi connectivity index (χ3v) is 5.09. The predicted octanol–water partition coefficient (Wildman–Crippen LogP) is 5.03. The maximum atomic E-state index is 11.4. The fraction of sp³-hybridized carbons (Fsp3) is 0.682. The lowest BCUT2D eigenvalue weighted by molar-refractivity contribution is -0.154. The van der Waals surface area contributed by atoms with Gasteiger partial charge in [0.1, 0.15) is 6.61 Å². The molecular formula is C22H43NO5S. The molecule has 0 aromatic heterocycles. The van der Waals surface area contributed by atoms with Crippen LogP contribution in [0.25, 0.3) is 0 Å². The maximum absolute atomic E-state index is 11.4. The average molecular weight is 434 g/mol. The number of ether oxygens (including phenoxy) is 1. The normalized spacial score (nSPS) is 11.5. The number of hydrogen-bond acceptors (Lipinski definition) is 5. The van der Waals surface area contributed by atoms with Crippen molar-refractivity contribution in [3.8, 4) is 0 Å². The first kappa shape index (κ1) is 32.2. The predicted molar refractivity (Wildman–Crippen MR) is 122 cm³/mol. The van der Waals surface area contributed by atoms with Gasteiger partial charge in [-0.1, -0.05) is 54.7 Å². The van der Waals surface area contributed by atoms with E-state index in [0.717, 1.165) is 18.5 Å². The summed E-state index contributed by atoms with van der Waals surface area (Å²) < 4.78 is 35.4. The van der Waals surface area contributed by atoms with Gasteiger partial charge in [-0.2, -0.15) is 8.42 Å². The lowest BCUT2D eigenvalue weighted by Crippen LogP contribution is -2.28. The molecule has 1 aromatic rings. The quantitative estimate of drug-likeness (QED) is 0.500. The Balaban J connectivity index is -0.000000438. The molecule has 0 aliphatic heterocycles. The number of carbonyl (C=O) groups is 1. The van der Waals surface area contributed by atoms with E-state index in [4.69, 9.17) is 9.29 Å². The molecule has 0 amide bonds. The van der Waals surface area contributed by atoms with Crippen LogP contribution in [-0.2, 0) is 25.1 Å². The van der Waals surface area contributed by atoms with Crippen molar-refractivity contribution in [2.75, 3.05) is 27.2 Å². The third kappa shape index (κ3) is 12.7. The Bertz CT molecular complexity index is 687. The molecule has 0 heterocycles. The highest BCUT2D eigenvalue weighted by Gasteiger charge is 2.26. The summed E-state index contributed by atoms with van der Waals surface area (Å²) in [4.78, 5) is 13.4. The van der Waals surface area contributed by atoms with Crippen LogP contribution < -0.4 is 0 Å². The standard InChI is InChI=1S/C10H21NO2.C10H14O3S.2CH4/c1-6-10(2,3)9(12)13-8-7-11(4)5;1-10(2,3)8-4-6-9(7-5-8)14(11,12)13;;/h6-8H2,1-5H3;4-7H,1-3H3,(H,11,12,13);2*1H4. The molecule has 6 nitrogen and oxygen atoms in total. The summed E-state index contributed by atoms with van der Waals surface area (Å²) in [6.07, 6.45) is 0.813. The molecule has 0 fully saturated rings. The Morgan fingerprint density at radius 3 is 1.79 bits per heavy atom. The van der Waals surface area contributed by atoms with Crippen LogP contribution in [0.4, 0.5) is 0 Å². The van der Waals surface area contributed by atoms with E-state index in [2.05, 4.69) is 0 Å². The third-order valence-electron chi connectivity index (χ3n) is 4.23. The van der Waals surface area contributed by atoms with E-state index < -0.39 is 10.1 Å². The fourth-order valence-corrected chi connectivity index (χ4v) is 2.27. The highest BCUT2D eigenvalue weighted by molar-refractivity contribution is 7.85. The van der Waals surface area contributed by atoms with Crippen molar-refractivity contribution >= 4 is 16.1 Å². The van der Waals surface area contributed by atoms with Gasteiger partial charge in [0.15, 0.2) is 0 Å². The number of rotatable bonds is 6. The zero-order valence-corrected chi connectivity index (χ0v) is 18.7. The van der Waals surface area contributed by atoms with Gasteiger partial charge in [-0.25, -0.2) is 0 Å². The molecule has 0 saturated heterocycles. The van der Waals surface area contributed by atoms with Gasteiger partial charge in [0, 0.05) is 6.54 Å². The van der Waals surface area contributed by atoms with Crippen molar-refractivity contribution < 1.29 is 22.5 Å². The molecule has 29 heavy (non-hydrogen) atoms. The summed E-state index contributed by atoms with van der Waals surface area (Å²) >= 11 is 0. The molecule has 0 spiro atoms. The second kappa shape index (κ2) is 13.0. The van der Waals surface area contributed by atoms with E-state index in [1.807, 2.05) is 60.5 Å². The van der Waals surface area contributed by atoms with Crippen molar-refractivity contribution in [1.29, 1.82) is 0 Å². The van der Waals surface area contributed by atoms with E-state index in [-0.39, 0.29) is 36.5 Å². The number of likely N-dealkylation sites (N-methyl/N-ethyl adjacent to an activating group) is 1. The van der Waals surface area contributed by atoms with Crippen LogP contribution in [0.2, 0.25) is 0 Å². The average Bonchev–Trinajstić information content (AvgIpc) is 2.53. The second-order valence-electron chi connectivity index (χ2n) is 8.43. The van der Waals surface area contributed by atoms with Crippen molar-refractivity contribution in [1.82, 2.24) is 4.90 Å². The number of hydrogen-bond donors (Lipinski definition) is 1. The lowest BCUT2D eigenvalue weighted by atomic mass is 9.87. The van der Waals surface area contributed by atoms with Crippen molar-refractivity contribution in [3.05, 3.63) is 29.8 Å². The topological polar surface area (TPSA) is 83.9 Å². The van der Waals surface area contributed by atoms with Crippen molar-refractivity contribution in [2.45, 2.75) is 73.1 Å². The molecule has 1 N–H and O–H groups in total. The summed E-state index contributed by atoms with van der Waals surface area (Å²) in [5.74, 6) is -0.100. The van der Waals surface area contributed by atoms with Gasteiger partial charge in [0.25, 0.3) is 10.1 Å². The lowest BCUT2D eigenvalue weighted by Gasteiger charge is -2.20. The van der Waals surface area contributed by atoms with Gasteiger partial charge < -0.3 is 9.64 Å². The summed E-state index contributed by atoms with van der Waals surface area (Å²) in [5.41, 5.74) is 0.675. The van der Waals surface area contributed by atoms with E-state index >= 15 is 0 Å². The maximum Gasteiger partial charge on any atom is 0.311 e. The highest BCUT2D eigenvalue weighted by Crippen LogP contribution is 2.23. The van der Waals surface area contributed by atoms with Gasteiger partial charge in [0.2, 0.25) is 0 Å². The first-order chi connectivity index (χ1) is 12.1. The monoisotopic (exact) mass is 433 g/mol. The summed E-state index contributed by atoms with van der Waals surface area (Å²) in [6.45, 7) is 13.2. The van der Waals surface area contributed by atoms with E-state index in [1.165, 1.54) is 12.1 Å². The zero-order chi connectivity index (χ0) is 21.5. The molecule has 0 unspecified atom stereocenters. The van der Waals surface area contributed by atoms with E-state index in [1.54, 1.807) is 12.1 Å². The first-order valence-corrected chi connectivity index (χ1v) is 10.4. The molecule has 0 atom stereocenters. The van der Waals surface area contributed by atoms with Gasteiger partial charge >= 0.3 is 5.97 Å². The minimum Gasteiger partial charge on any atom is -0.464 e. The highest BCUT2D eigenvalue weighted by atomic mass is 32.2. The number of esters is 1. The van der Waals surface area contributed by atoms with Gasteiger partial charge in [-0.15, -0.1) is 0 Å². The molecule has 0 bridgehead atoms. The smallest absolute Gasteiger partial charge is 0.311 e. The molecule has 0 saturated carbocycles. The fourth-order valence-electron chi connectivity index (χ4n) is 1.79. The SMILES string of the molecule is C.C.CC(C)(C)c1ccc(S(=O)(=O)O)cc1.CCC(C)(C)C(=O)OCCN(C)C. The second-order valence-corrected chi connectivity index (χ2v) is 9.85. The number of carbonyl (C=O) groups excluding carboxylic acids is 1. The molecule has 172 valence electrons. The zero-order valence-electron chi connectivity index (χ0n) is 17.9. The largest absolute Gasteiger partial charge is 0.464 e. The summed E-state index contributed by atoms with van der Waals surface area (Å²) in [7, 11) is -0.151. The van der Waals surface area contributed by atoms with Gasteiger partial charge in [-0.05, 0) is 57.5 Å². The number of benzene rings is 1. The summed E-state index contributed by atoms with van der Waals surface area (Å²) in [5, 5.41) is 0. The molecule has 0 radical (unpaired) electrons. The van der Waals surface area contributed by atoms with Crippen LogP contribution in [0.3, 0.4) is 0 Å². The van der Waals surface area contributed by atoms with Crippen LogP contribution >= 0.6 is 0 Å². The van der Waals surface area contributed by atoms with E-state index in [0.29, 0.717) is 6.61 Å². The molecule has 1 aromatic carbocycles. The van der Waals surface area contributed by atoms with Gasteiger partial charge in [0.05, 0.1) is 10.3 Å². The van der Waals surface area contributed by atoms with Crippen LogP contribution in [0.5, 0.6) is 0 Å². The van der Waals surface area contributed by atoms with Crippen LogP contribution in [0, 0.1) is 5.41 Å². The Hall–Kier alpha value is -1.44. The Morgan fingerprint density at radius 1 is 1.03 bits per heavy atom. The van der Waals surface area contributed by atoms with Crippen LogP contribution in [-0.4, -0.2) is 51.1 Å². The molecule has 0 aliphatic rings.